The van der Waals surface area contributed by atoms with Crippen LogP contribution in [0.1, 0.15) is 72.1 Å². The zero-order valence-corrected chi connectivity index (χ0v) is 22.1. The van der Waals surface area contributed by atoms with Crippen molar-refractivity contribution in [2.45, 2.75) is 77.8 Å². The van der Waals surface area contributed by atoms with Crippen molar-refractivity contribution in [3.8, 4) is 11.3 Å². The van der Waals surface area contributed by atoms with Crippen LogP contribution in [-0.2, 0) is 4.74 Å². The number of aromatic amines is 1. The zero-order valence-electron chi connectivity index (χ0n) is 21.3. The number of ether oxygens (including phenoxy) is 1. The number of thiophene rings is 1. The molecule has 2 bridgehead atoms. The molecule has 0 spiro atoms. The lowest BCUT2D eigenvalue weighted by Gasteiger charge is -2.35. The number of fused-ring (bicyclic) bond motifs is 4. The van der Waals surface area contributed by atoms with Crippen molar-refractivity contribution in [1.82, 2.24) is 24.9 Å². The zero-order chi connectivity index (χ0) is 24.0. The van der Waals surface area contributed by atoms with Crippen LogP contribution in [0, 0.1) is 32.6 Å². The molecule has 2 unspecified atom stereocenters. The van der Waals surface area contributed by atoms with Gasteiger partial charge in [0, 0.05) is 28.1 Å². The summed E-state index contributed by atoms with van der Waals surface area (Å²) in [6, 6.07) is 1.29. The van der Waals surface area contributed by atoms with Crippen molar-refractivity contribution >= 4 is 27.2 Å². The van der Waals surface area contributed by atoms with Gasteiger partial charge in [0.1, 0.15) is 11.2 Å². The van der Waals surface area contributed by atoms with Crippen LogP contribution in [0.3, 0.4) is 0 Å². The molecule has 3 fully saturated rings. The third kappa shape index (κ3) is 3.20. The third-order valence-electron chi connectivity index (χ3n) is 9.22. The van der Waals surface area contributed by atoms with Gasteiger partial charge in [-0.15, -0.1) is 11.3 Å². The number of aryl methyl sites for hydroxylation is 2. The molecule has 0 amide bonds. The van der Waals surface area contributed by atoms with E-state index in [-0.39, 0.29) is 0 Å². The Kier molecular flexibility index (Phi) is 4.96. The monoisotopic (exact) mass is 489 g/mol. The molecule has 4 atom stereocenters. The SMILES string of the molecule is Cc1c(-c2[nH]c3sc(C4C[C@@H]5C[C@H]4CC5NC4COC4)c(C)c3c2C(C)C)cn2ncnc2c1C. The maximum atomic E-state index is 5.39. The van der Waals surface area contributed by atoms with Crippen LogP contribution in [0.25, 0.3) is 27.1 Å². The lowest BCUT2D eigenvalue weighted by molar-refractivity contribution is -0.0131. The minimum Gasteiger partial charge on any atom is -0.378 e. The van der Waals surface area contributed by atoms with E-state index in [0.717, 1.165) is 36.6 Å². The van der Waals surface area contributed by atoms with Crippen LogP contribution in [-0.4, -0.2) is 44.9 Å². The summed E-state index contributed by atoms with van der Waals surface area (Å²) in [5, 5.41) is 9.80. The summed E-state index contributed by atoms with van der Waals surface area (Å²) in [6.45, 7) is 13.2. The van der Waals surface area contributed by atoms with Crippen molar-refractivity contribution < 1.29 is 4.74 Å². The van der Waals surface area contributed by atoms with Crippen LogP contribution < -0.4 is 5.32 Å². The predicted molar refractivity (Wildman–Crippen MR) is 142 cm³/mol. The van der Waals surface area contributed by atoms with Crippen LogP contribution in [0.15, 0.2) is 12.5 Å². The first-order valence-electron chi connectivity index (χ1n) is 13.2. The number of aromatic nitrogens is 4. The average molecular weight is 490 g/mol. The second kappa shape index (κ2) is 7.89. The first kappa shape index (κ1) is 22.0. The molecule has 7 heteroatoms. The van der Waals surface area contributed by atoms with Gasteiger partial charge in [0.15, 0.2) is 5.65 Å². The van der Waals surface area contributed by atoms with E-state index in [9.17, 15) is 0 Å². The van der Waals surface area contributed by atoms with E-state index >= 15 is 0 Å². The third-order valence-corrected chi connectivity index (χ3v) is 10.6. The Hall–Kier alpha value is -2.22. The Morgan fingerprint density at radius 3 is 2.60 bits per heavy atom. The molecule has 0 radical (unpaired) electrons. The van der Waals surface area contributed by atoms with Crippen molar-refractivity contribution in [1.29, 1.82) is 0 Å². The molecule has 5 heterocycles. The Labute approximate surface area is 210 Å². The van der Waals surface area contributed by atoms with Gasteiger partial charge in [-0.3, -0.25) is 0 Å². The van der Waals surface area contributed by atoms with Crippen LogP contribution in [0.2, 0.25) is 0 Å². The van der Waals surface area contributed by atoms with Gasteiger partial charge in [-0.05, 0) is 86.0 Å². The lowest BCUT2D eigenvalue weighted by Crippen LogP contribution is -2.52. The van der Waals surface area contributed by atoms with Gasteiger partial charge in [-0.2, -0.15) is 5.10 Å². The molecule has 7 rings (SSSR count). The van der Waals surface area contributed by atoms with Gasteiger partial charge in [0.25, 0.3) is 0 Å². The quantitative estimate of drug-likeness (QED) is 0.369. The maximum absolute atomic E-state index is 5.39. The Morgan fingerprint density at radius 1 is 1.09 bits per heavy atom. The molecule has 2 saturated carbocycles. The fourth-order valence-corrected chi connectivity index (χ4v) is 8.72. The summed E-state index contributed by atoms with van der Waals surface area (Å²) >= 11 is 2.02. The normalized spacial score (nSPS) is 26.6. The number of hydrogen-bond acceptors (Lipinski definition) is 5. The number of hydrogen-bond donors (Lipinski definition) is 2. The highest BCUT2D eigenvalue weighted by atomic mass is 32.1. The van der Waals surface area contributed by atoms with Gasteiger partial charge in [0.05, 0.1) is 24.9 Å². The molecule has 2 aliphatic carbocycles. The summed E-state index contributed by atoms with van der Waals surface area (Å²) in [6.07, 6.45) is 7.85. The number of H-pyrrole nitrogens is 1. The van der Waals surface area contributed by atoms with Crippen LogP contribution in [0.5, 0.6) is 0 Å². The van der Waals surface area contributed by atoms with Crippen LogP contribution in [0.4, 0.5) is 0 Å². The van der Waals surface area contributed by atoms with Gasteiger partial charge >= 0.3 is 0 Å². The Morgan fingerprint density at radius 2 is 1.91 bits per heavy atom. The van der Waals surface area contributed by atoms with E-state index in [1.165, 1.54) is 63.0 Å². The van der Waals surface area contributed by atoms with Crippen molar-refractivity contribution in [2.24, 2.45) is 11.8 Å². The smallest absolute Gasteiger partial charge is 0.158 e. The molecule has 4 aromatic rings. The topological polar surface area (TPSA) is 67.2 Å². The van der Waals surface area contributed by atoms with E-state index in [4.69, 9.17) is 4.74 Å². The van der Waals surface area contributed by atoms with Gasteiger partial charge < -0.3 is 15.0 Å². The number of nitrogens with zero attached hydrogens (tertiary/aromatic N) is 3. The molecule has 35 heavy (non-hydrogen) atoms. The predicted octanol–water partition coefficient (Wildman–Crippen LogP) is 5.86. The fourth-order valence-electron chi connectivity index (χ4n) is 7.28. The first-order chi connectivity index (χ1) is 16.9. The highest BCUT2D eigenvalue weighted by molar-refractivity contribution is 7.19. The molecule has 0 aromatic carbocycles. The van der Waals surface area contributed by atoms with Crippen molar-refractivity contribution in [3.63, 3.8) is 0 Å². The van der Waals surface area contributed by atoms with Gasteiger partial charge in [0.2, 0.25) is 0 Å². The van der Waals surface area contributed by atoms with Crippen LogP contribution >= 0.6 is 11.3 Å². The van der Waals surface area contributed by atoms with E-state index in [1.54, 1.807) is 11.2 Å². The highest BCUT2D eigenvalue weighted by Crippen LogP contribution is 2.56. The molecular formula is C28H35N5OS. The number of nitrogens with one attached hydrogen (secondary N) is 2. The fraction of sp³-hybridized carbons (Fsp3) is 0.571. The van der Waals surface area contributed by atoms with E-state index in [2.05, 4.69) is 61.2 Å². The summed E-state index contributed by atoms with van der Waals surface area (Å²) in [4.78, 5) is 11.3. The second-order valence-electron chi connectivity index (χ2n) is 11.5. The summed E-state index contributed by atoms with van der Waals surface area (Å²) in [7, 11) is 0. The minimum atomic E-state index is 0.435. The van der Waals surface area contributed by atoms with Gasteiger partial charge in [-0.1, -0.05) is 13.8 Å². The molecule has 184 valence electrons. The second-order valence-corrected chi connectivity index (χ2v) is 12.6. The van der Waals surface area contributed by atoms with E-state index in [1.807, 2.05) is 15.9 Å². The summed E-state index contributed by atoms with van der Waals surface area (Å²) in [5.41, 5.74) is 8.89. The van der Waals surface area contributed by atoms with Gasteiger partial charge in [-0.25, -0.2) is 9.50 Å². The average Bonchev–Trinajstić information content (AvgIpc) is 3.59. The molecule has 2 N–H and O–H groups in total. The van der Waals surface area contributed by atoms with Crippen molar-refractivity contribution in [2.75, 3.05) is 13.2 Å². The molecule has 3 aliphatic rings. The lowest BCUT2D eigenvalue weighted by atomic mass is 9.83. The standard InChI is InChI=1S/C28H35N5OS/c1-13(2)23-24-16(5)26(20-7-18-6-17(20)8-22(18)31-19-10-34-11-19)35-28(24)32-25(23)21-9-33-27(29-12-30-33)15(4)14(21)3/h9,12-13,17-20,22,31-32H,6-8,10-11H2,1-5H3/t17-,18-,20?,22?/m0/s1. The molecule has 6 nitrogen and oxygen atoms in total. The highest BCUT2D eigenvalue weighted by Gasteiger charge is 2.48. The number of rotatable bonds is 5. The molecular weight excluding hydrogens is 454 g/mol. The first-order valence-corrected chi connectivity index (χ1v) is 14.0. The maximum Gasteiger partial charge on any atom is 0.158 e. The van der Waals surface area contributed by atoms with E-state index < -0.39 is 0 Å². The minimum absolute atomic E-state index is 0.435. The van der Waals surface area contributed by atoms with Crippen molar-refractivity contribution in [3.05, 3.63) is 39.7 Å². The Bertz CT molecular complexity index is 1440. The molecule has 1 aliphatic heterocycles. The number of pyridine rings is 1. The molecule has 4 aromatic heterocycles. The summed E-state index contributed by atoms with van der Waals surface area (Å²) < 4.78 is 7.31. The summed E-state index contributed by atoms with van der Waals surface area (Å²) in [5.74, 6) is 2.80. The van der Waals surface area contributed by atoms with E-state index in [0.29, 0.717) is 18.0 Å². The largest absolute Gasteiger partial charge is 0.378 e. The molecule has 1 saturated heterocycles. The Balaban J connectivity index is 1.27.